The molecule has 0 aliphatic carbocycles. The molecule has 0 unspecified atom stereocenters. The van der Waals surface area contributed by atoms with E-state index in [-0.39, 0.29) is 0 Å². The van der Waals surface area contributed by atoms with E-state index in [1.807, 2.05) is 0 Å². The molecule has 0 spiro atoms. The lowest BCUT2D eigenvalue weighted by Crippen LogP contribution is -2.33. The van der Waals surface area contributed by atoms with Gasteiger partial charge in [0.15, 0.2) is 5.16 Å². The normalized spacial score (nSPS) is 10.0. The van der Waals surface area contributed by atoms with Gasteiger partial charge in [-0.1, -0.05) is 11.8 Å². The van der Waals surface area contributed by atoms with Crippen molar-refractivity contribution in [3.05, 3.63) is 20.7 Å². The highest BCUT2D eigenvalue weighted by Gasteiger charge is 2.03. The van der Waals surface area contributed by atoms with Gasteiger partial charge in [-0.2, -0.15) is 10.2 Å². The van der Waals surface area contributed by atoms with Crippen molar-refractivity contribution in [2.24, 2.45) is 7.05 Å². The monoisotopic (exact) mass is 240 g/mol. The van der Waals surface area contributed by atoms with Gasteiger partial charge in [-0.05, 0) is 12.8 Å². The molecule has 0 atom stereocenters. The third kappa shape index (κ3) is 3.55. The Bertz CT molecular complexity index is 499. The molecule has 0 aliphatic heterocycles. The Morgan fingerprint density at radius 3 is 2.94 bits per heavy atom. The van der Waals surface area contributed by atoms with Crippen LogP contribution in [0.4, 0.5) is 0 Å². The molecular formula is C9H12N4O2S. The number of aromatic amines is 1. The van der Waals surface area contributed by atoms with Crippen molar-refractivity contribution in [1.29, 1.82) is 5.26 Å². The van der Waals surface area contributed by atoms with Crippen LogP contribution in [0.2, 0.25) is 0 Å². The number of aromatic nitrogens is 3. The first-order valence-corrected chi connectivity index (χ1v) is 5.81. The topological polar surface area (TPSA) is 91.5 Å². The van der Waals surface area contributed by atoms with E-state index in [0.29, 0.717) is 11.6 Å². The van der Waals surface area contributed by atoms with Crippen molar-refractivity contribution in [3.8, 4) is 6.07 Å². The summed E-state index contributed by atoms with van der Waals surface area (Å²) in [6.07, 6.45) is 2.26. The molecule has 0 saturated carbocycles. The smallest absolute Gasteiger partial charge is 0.265 e. The summed E-state index contributed by atoms with van der Waals surface area (Å²) in [5.41, 5.74) is -1.48. The Labute approximate surface area is 96.3 Å². The summed E-state index contributed by atoms with van der Waals surface area (Å²) in [6.45, 7) is 0. The Morgan fingerprint density at radius 2 is 2.25 bits per heavy atom. The van der Waals surface area contributed by atoms with E-state index in [9.17, 15) is 9.59 Å². The van der Waals surface area contributed by atoms with Crippen LogP contribution in [0.15, 0.2) is 14.7 Å². The van der Waals surface area contributed by atoms with Gasteiger partial charge in [0.25, 0.3) is 0 Å². The zero-order chi connectivity index (χ0) is 12.0. The zero-order valence-electron chi connectivity index (χ0n) is 8.89. The third-order valence-electron chi connectivity index (χ3n) is 1.86. The van der Waals surface area contributed by atoms with E-state index in [2.05, 4.69) is 16.2 Å². The number of hydrogen-bond acceptors (Lipinski definition) is 5. The molecular weight excluding hydrogens is 228 g/mol. The fourth-order valence-corrected chi connectivity index (χ4v) is 1.98. The SMILES string of the molecule is Cn1[nH]c(=O)c(=O)nc1SCCCCC#N. The maximum absolute atomic E-state index is 11.0. The highest BCUT2D eigenvalue weighted by Crippen LogP contribution is 2.13. The quantitative estimate of drug-likeness (QED) is 0.452. The Balaban J connectivity index is 2.55. The number of rotatable bonds is 5. The number of thioether (sulfide) groups is 1. The van der Waals surface area contributed by atoms with E-state index < -0.39 is 11.1 Å². The molecule has 0 aromatic carbocycles. The van der Waals surface area contributed by atoms with E-state index >= 15 is 0 Å². The average Bonchev–Trinajstić information content (AvgIpc) is 2.25. The molecule has 0 bridgehead atoms. The lowest BCUT2D eigenvalue weighted by Gasteiger charge is -2.04. The van der Waals surface area contributed by atoms with Crippen LogP contribution in [0.3, 0.4) is 0 Å². The van der Waals surface area contributed by atoms with Gasteiger partial charge in [0.2, 0.25) is 0 Å². The van der Waals surface area contributed by atoms with Crippen molar-refractivity contribution in [3.63, 3.8) is 0 Å². The second-order valence-electron chi connectivity index (χ2n) is 3.16. The number of unbranched alkanes of at least 4 members (excludes halogenated alkanes) is 2. The highest BCUT2D eigenvalue weighted by molar-refractivity contribution is 7.99. The van der Waals surface area contributed by atoms with Gasteiger partial charge >= 0.3 is 11.1 Å². The molecule has 16 heavy (non-hydrogen) atoms. The van der Waals surface area contributed by atoms with E-state index in [1.165, 1.54) is 16.4 Å². The largest absolute Gasteiger partial charge is 0.339 e. The van der Waals surface area contributed by atoms with Crippen molar-refractivity contribution in [2.75, 3.05) is 5.75 Å². The predicted molar refractivity (Wildman–Crippen MR) is 60.3 cm³/mol. The van der Waals surface area contributed by atoms with Gasteiger partial charge in [0.1, 0.15) is 0 Å². The number of nitrogens with zero attached hydrogens (tertiary/aromatic N) is 3. The maximum Gasteiger partial charge on any atom is 0.339 e. The molecule has 86 valence electrons. The molecule has 0 radical (unpaired) electrons. The number of nitrogens with one attached hydrogen (secondary N) is 1. The lowest BCUT2D eigenvalue weighted by atomic mass is 10.3. The standard InChI is InChI=1S/C9H12N4O2S/c1-13-9(11-7(14)8(15)12-13)16-6-4-2-3-5-10/h2-4,6H2,1H3,(H,12,15). The summed E-state index contributed by atoms with van der Waals surface area (Å²) < 4.78 is 1.43. The molecule has 1 rings (SSSR count). The number of hydrogen-bond donors (Lipinski definition) is 1. The van der Waals surface area contributed by atoms with Crippen molar-refractivity contribution in [1.82, 2.24) is 14.8 Å². The highest BCUT2D eigenvalue weighted by atomic mass is 32.2. The minimum atomic E-state index is -0.766. The maximum atomic E-state index is 11.0. The third-order valence-corrected chi connectivity index (χ3v) is 2.98. The predicted octanol–water partition coefficient (Wildman–Crippen LogP) is 0.255. The minimum absolute atomic E-state index is 0.488. The van der Waals surface area contributed by atoms with Crippen LogP contribution in [0, 0.1) is 11.3 Å². The van der Waals surface area contributed by atoms with Gasteiger partial charge < -0.3 is 0 Å². The van der Waals surface area contributed by atoms with Gasteiger partial charge in [0, 0.05) is 19.2 Å². The molecule has 0 amide bonds. The molecule has 0 saturated heterocycles. The summed E-state index contributed by atoms with van der Waals surface area (Å²) in [5.74, 6) is 0.772. The Kier molecular flexibility index (Phi) is 4.79. The molecule has 1 aromatic heterocycles. The summed E-state index contributed by atoms with van der Waals surface area (Å²) in [6, 6.07) is 2.07. The van der Waals surface area contributed by atoms with Crippen LogP contribution in [-0.4, -0.2) is 20.5 Å². The zero-order valence-corrected chi connectivity index (χ0v) is 9.71. The van der Waals surface area contributed by atoms with Crippen molar-refractivity contribution >= 4 is 11.8 Å². The van der Waals surface area contributed by atoms with Crippen molar-refractivity contribution < 1.29 is 0 Å². The molecule has 0 aliphatic rings. The molecule has 6 nitrogen and oxygen atoms in total. The molecule has 0 fully saturated rings. The Morgan fingerprint density at radius 1 is 1.50 bits per heavy atom. The lowest BCUT2D eigenvalue weighted by molar-refractivity contribution is 0.596. The van der Waals surface area contributed by atoms with Gasteiger partial charge in [-0.15, -0.1) is 0 Å². The van der Waals surface area contributed by atoms with Crippen LogP contribution in [0.5, 0.6) is 0 Å². The number of aryl methyl sites for hydroxylation is 1. The fourth-order valence-electron chi connectivity index (χ4n) is 1.06. The van der Waals surface area contributed by atoms with Crippen LogP contribution < -0.4 is 11.1 Å². The van der Waals surface area contributed by atoms with Gasteiger partial charge in [0.05, 0.1) is 6.07 Å². The molecule has 7 heteroatoms. The number of nitriles is 1. The van der Waals surface area contributed by atoms with E-state index in [1.54, 1.807) is 7.05 Å². The molecule has 1 aromatic rings. The van der Waals surface area contributed by atoms with Gasteiger partial charge in [-0.25, -0.2) is 0 Å². The van der Waals surface area contributed by atoms with E-state index in [4.69, 9.17) is 5.26 Å². The minimum Gasteiger partial charge on any atom is -0.265 e. The second-order valence-corrected chi connectivity index (χ2v) is 4.23. The summed E-state index contributed by atoms with van der Waals surface area (Å²) in [7, 11) is 1.63. The number of H-pyrrole nitrogens is 1. The van der Waals surface area contributed by atoms with Gasteiger partial charge in [-0.3, -0.25) is 19.4 Å². The summed E-state index contributed by atoms with van der Waals surface area (Å²) >= 11 is 1.39. The van der Waals surface area contributed by atoms with E-state index in [0.717, 1.165) is 18.6 Å². The first-order chi connectivity index (χ1) is 7.65. The van der Waals surface area contributed by atoms with Crippen LogP contribution in [0.25, 0.3) is 0 Å². The second kappa shape index (κ2) is 6.12. The molecule has 1 heterocycles. The fraction of sp³-hybridized carbons (Fsp3) is 0.556. The van der Waals surface area contributed by atoms with Crippen LogP contribution in [-0.2, 0) is 7.05 Å². The van der Waals surface area contributed by atoms with Crippen LogP contribution >= 0.6 is 11.8 Å². The average molecular weight is 240 g/mol. The Hall–Kier alpha value is -1.55. The first kappa shape index (κ1) is 12.5. The molecule has 1 N–H and O–H groups in total. The first-order valence-electron chi connectivity index (χ1n) is 4.82. The summed E-state index contributed by atoms with van der Waals surface area (Å²) in [4.78, 5) is 25.6. The van der Waals surface area contributed by atoms with Crippen molar-refractivity contribution in [2.45, 2.75) is 24.4 Å². The van der Waals surface area contributed by atoms with Crippen LogP contribution in [0.1, 0.15) is 19.3 Å². The summed E-state index contributed by atoms with van der Waals surface area (Å²) in [5, 5.41) is 11.2.